The Bertz CT molecular complexity index is 889. The Kier molecular flexibility index (Phi) is 4.41. The summed E-state index contributed by atoms with van der Waals surface area (Å²) >= 11 is 0. The molecule has 0 fully saturated rings. The second kappa shape index (κ2) is 6.66. The van der Waals surface area contributed by atoms with Gasteiger partial charge in [-0.15, -0.1) is 10.2 Å². The third kappa shape index (κ3) is 3.19. The van der Waals surface area contributed by atoms with Gasteiger partial charge in [0.25, 0.3) is 5.89 Å². The molecule has 7 nitrogen and oxygen atoms in total. The SMILES string of the molecule is CCc1nnc(COC(=O)c2cc3ccc(OC)cc3nc2C)o1. The highest BCUT2D eigenvalue weighted by molar-refractivity contribution is 5.95. The Morgan fingerprint density at radius 1 is 1.21 bits per heavy atom. The molecule has 0 spiro atoms. The quantitative estimate of drug-likeness (QED) is 0.666. The first kappa shape index (κ1) is 15.9. The minimum atomic E-state index is -0.478. The predicted octanol–water partition coefficient (Wildman–Crippen LogP) is 2.85. The first-order valence-corrected chi connectivity index (χ1v) is 7.54. The molecule has 3 rings (SSSR count). The van der Waals surface area contributed by atoms with Gasteiger partial charge in [0.1, 0.15) is 5.75 Å². The molecule has 0 radical (unpaired) electrons. The van der Waals surface area contributed by atoms with Crippen LogP contribution in [0.1, 0.15) is 34.8 Å². The highest BCUT2D eigenvalue weighted by atomic mass is 16.5. The normalized spacial score (nSPS) is 10.8. The van der Waals surface area contributed by atoms with E-state index in [1.807, 2.05) is 25.1 Å². The molecule has 0 atom stereocenters. The van der Waals surface area contributed by atoms with Crippen LogP contribution < -0.4 is 4.74 Å². The number of aryl methyl sites for hydroxylation is 2. The van der Waals surface area contributed by atoms with Crippen LogP contribution in [0.3, 0.4) is 0 Å². The molecule has 7 heteroatoms. The molecule has 0 bridgehead atoms. The van der Waals surface area contributed by atoms with E-state index in [1.54, 1.807) is 20.1 Å². The Morgan fingerprint density at radius 2 is 2.00 bits per heavy atom. The van der Waals surface area contributed by atoms with Crippen molar-refractivity contribution in [3.8, 4) is 5.75 Å². The van der Waals surface area contributed by atoms with Gasteiger partial charge in [0.05, 0.1) is 23.9 Å². The highest BCUT2D eigenvalue weighted by Gasteiger charge is 2.15. The standard InChI is InChI=1S/C17H17N3O4/c1-4-15-19-20-16(24-15)9-23-17(21)13-7-11-5-6-12(22-3)8-14(11)18-10(13)2/h5-8H,4,9H2,1-3H3. The van der Waals surface area contributed by atoms with Gasteiger partial charge in [-0.25, -0.2) is 4.79 Å². The van der Waals surface area contributed by atoms with Crippen molar-refractivity contribution >= 4 is 16.9 Å². The van der Waals surface area contributed by atoms with E-state index in [0.717, 1.165) is 10.9 Å². The Morgan fingerprint density at radius 3 is 2.71 bits per heavy atom. The Hall–Kier alpha value is -2.96. The van der Waals surface area contributed by atoms with Crippen molar-refractivity contribution < 1.29 is 18.7 Å². The average Bonchev–Trinajstić information content (AvgIpc) is 3.06. The van der Waals surface area contributed by atoms with E-state index in [2.05, 4.69) is 15.2 Å². The zero-order chi connectivity index (χ0) is 17.1. The first-order valence-electron chi connectivity index (χ1n) is 7.54. The lowest BCUT2D eigenvalue weighted by molar-refractivity contribution is 0.0435. The van der Waals surface area contributed by atoms with Crippen LogP contribution >= 0.6 is 0 Å². The number of pyridine rings is 1. The molecule has 0 aliphatic rings. The number of carbonyl (C=O) groups excluding carboxylic acids is 1. The van der Waals surface area contributed by atoms with E-state index in [-0.39, 0.29) is 12.5 Å². The number of aromatic nitrogens is 3. The lowest BCUT2D eigenvalue weighted by Crippen LogP contribution is -2.08. The van der Waals surface area contributed by atoms with Crippen molar-refractivity contribution in [3.05, 3.63) is 47.3 Å². The molecular weight excluding hydrogens is 310 g/mol. The Balaban J connectivity index is 1.79. The maximum Gasteiger partial charge on any atom is 0.340 e. The summed E-state index contributed by atoms with van der Waals surface area (Å²) in [5.74, 6) is 1.02. The van der Waals surface area contributed by atoms with Crippen molar-refractivity contribution in [2.24, 2.45) is 0 Å². The minimum Gasteiger partial charge on any atom is -0.497 e. The molecule has 2 aromatic heterocycles. The van der Waals surface area contributed by atoms with Crippen LogP contribution in [0.4, 0.5) is 0 Å². The average molecular weight is 327 g/mol. The summed E-state index contributed by atoms with van der Waals surface area (Å²) in [6.07, 6.45) is 0.637. The summed E-state index contributed by atoms with van der Waals surface area (Å²) < 4.78 is 15.7. The summed E-state index contributed by atoms with van der Waals surface area (Å²) in [6.45, 7) is 3.60. The molecule has 124 valence electrons. The molecule has 0 saturated heterocycles. The smallest absolute Gasteiger partial charge is 0.340 e. The molecule has 3 aromatic rings. The van der Waals surface area contributed by atoms with Crippen LogP contribution in [0.2, 0.25) is 0 Å². The van der Waals surface area contributed by atoms with Gasteiger partial charge in [-0.1, -0.05) is 6.92 Å². The lowest BCUT2D eigenvalue weighted by Gasteiger charge is -2.08. The molecule has 2 heterocycles. The molecule has 0 unspecified atom stereocenters. The zero-order valence-electron chi connectivity index (χ0n) is 13.7. The van der Waals surface area contributed by atoms with Crippen LogP contribution in [0.25, 0.3) is 10.9 Å². The summed E-state index contributed by atoms with van der Waals surface area (Å²) in [4.78, 5) is 16.8. The van der Waals surface area contributed by atoms with Crippen LogP contribution in [0, 0.1) is 6.92 Å². The number of esters is 1. The van der Waals surface area contributed by atoms with E-state index < -0.39 is 5.97 Å². The maximum absolute atomic E-state index is 12.3. The van der Waals surface area contributed by atoms with Crippen LogP contribution in [-0.2, 0) is 17.8 Å². The van der Waals surface area contributed by atoms with Gasteiger partial charge in [0.2, 0.25) is 5.89 Å². The number of hydrogen-bond donors (Lipinski definition) is 0. The van der Waals surface area contributed by atoms with E-state index in [0.29, 0.717) is 29.3 Å². The van der Waals surface area contributed by atoms with Crippen molar-refractivity contribution in [2.75, 3.05) is 7.11 Å². The fraction of sp³-hybridized carbons (Fsp3) is 0.294. The van der Waals surface area contributed by atoms with Gasteiger partial charge in [-0.05, 0) is 25.1 Å². The number of carbonyl (C=O) groups is 1. The zero-order valence-corrected chi connectivity index (χ0v) is 13.7. The molecule has 0 saturated carbocycles. The molecule has 0 amide bonds. The number of methoxy groups -OCH3 is 1. The first-order chi connectivity index (χ1) is 11.6. The second-order valence-corrected chi connectivity index (χ2v) is 5.20. The fourth-order valence-corrected chi connectivity index (χ4v) is 2.27. The van der Waals surface area contributed by atoms with Crippen LogP contribution in [0.15, 0.2) is 28.7 Å². The topological polar surface area (TPSA) is 87.3 Å². The number of benzene rings is 1. The van der Waals surface area contributed by atoms with Gasteiger partial charge >= 0.3 is 5.97 Å². The molecule has 1 aromatic carbocycles. The van der Waals surface area contributed by atoms with Crippen LogP contribution in [0.5, 0.6) is 5.75 Å². The maximum atomic E-state index is 12.3. The van der Waals surface area contributed by atoms with Gasteiger partial charge < -0.3 is 13.9 Å². The van der Waals surface area contributed by atoms with E-state index >= 15 is 0 Å². The summed E-state index contributed by atoms with van der Waals surface area (Å²) in [5.41, 5.74) is 1.75. The number of ether oxygens (including phenoxy) is 2. The van der Waals surface area contributed by atoms with Crippen molar-refractivity contribution in [2.45, 2.75) is 26.9 Å². The van der Waals surface area contributed by atoms with Gasteiger partial charge in [0, 0.05) is 17.9 Å². The number of hydrogen-bond acceptors (Lipinski definition) is 7. The molecule has 0 aliphatic heterocycles. The summed E-state index contributed by atoms with van der Waals surface area (Å²) in [5, 5.41) is 8.48. The van der Waals surface area contributed by atoms with Gasteiger partial charge in [-0.3, -0.25) is 4.98 Å². The minimum absolute atomic E-state index is 0.0636. The van der Waals surface area contributed by atoms with Crippen LogP contribution in [-0.4, -0.2) is 28.3 Å². The highest BCUT2D eigenvalue weighted by Crippen LogP contribution is 2.22. The number of fused-ring (bicyclic) bond motifs is 1. The molecule has 0 N–H and O–H groups in total. The van der Waals surface area contributed by atoms with Crippen molar-refractivity contribution in [1.82, 2.24) is 15.2 Å². The summed E-state index contributed by atoms with van der Waals surface area (Å²) in [7, 11) is 1.60. The third-order valence-electron chi connectivity index (χ3n) is 3.57. The molecule has 0 aliphatic carbocycles. The second-order valence-electron chi connectivity index (χ2n) is 5.20. The molecular formula is C17H17N3O4. The van der Waals surface area contributed by atoms with Crippen molar-refractivity contribution in [3.63, 3.8) is 0 Å². The number of nitrogens with zero attached hydrogens (tertiary/aromatic N) is 3. The lowest BCUT2D eigenvalue weighted by atomic mass is 10.1. The van der Waals surface area contributed by atoms with E-state index in [9.17, 15) is 4.79 Å². The number of rotatable bonds is 5. The fourth-order valence-electron chi connectivity index (χ4n) is 2.27. The molecule has 24 heavy (non-hydrogen) atoms. The van der Waals surface area contributed by atoms with Crippen molar-refractivity contribution in [1.29, 1.82) is 0 Å². The third-order valence-corrected chi connectivity index (χ3v) is 3.57. The monoisotopic (exact) mass is 327 g/mol. The van der Waals surface area contributed by atoms with E-state index in [4.69, 9.17) is 13.9 Å². The van der Waals surface area contributed by atoms with Gasteiger partial charge in [0.15, 0.2) is 6.61 Å². The largest absolute Gasteiger partial charge is 0.497 e. The van der Waals surface area contributed by atoms with E-state index in [1.165, 1.54) is 0 Å². The summed E-state index contributed by atoms with van der Waals surface area (Å²) in [6, 6.07) is 7.25. The predicted molar refractivity (Wildman–Crippen MR) is 85.8 cm³/mol. The Labute approximate surface area is 138 Å². The van der Waals surface area contributed by atoms with Gasteiger partial charge in [-0.2, -0.15) is 0 Å².